The van der Waals surface area contributed by atoms with Gasteiger partial charge in [-0.15, -0.1) is 0 Å². The third-order valence-electron chi connectivity index (χ3n) is 2.58. The maximum Gasteiger partial charge on any atom is 0.277 e. The first-order valence-corrected chi connectivity index (χ1v) is 6.41. The minimum Gasteiger partial charge on any atom is -0.296 e. The fourth-order valence-corrected chi connectivity index (χ4v) is 2.61. The average molecular weight is 294 g/mol. The molecule has 0 saturated carbocycles. The lowest BCUT2D eigenvalue weighted by Gasteiger charge is -1.96. The summed E-state index contributed by atoms with van der Waals surface area (Å²) in [6.07, 6.45) is 1.63. The van der Waals surface area contributed by atoms with Gasteiger partial charge in [-0.1, -0.05) is 11.3 Å². The number of anilines is 1. The van der Waals surface area contributed by atoms with Crippen molar-refractivity contribution in [3.05, 3.63) is 41.7 Å². The minimum atomic E-state index is -0.755. The fourth-order valence-electron chi connectivity index (χ4n) is 1.71. The minimum absolute atomic E-state index is 0.0349. The van der Waals surface area contributed by atoms with Gasteiger partial charge in [0.05, 0.1) is 4.70 Å². The highest BCUT2D eigenvalue weighted by Crippen LogP contribution is 2.28. The summed E-state index contributed by atoms with van der Waals surface area (Å²) >= 11 is 0.998. The zero-order valence-electron chi connectivity index (χ0n) is 10.2. The van der Waals surface area contributed by atoms with Crippen LogP contribution in [0.2, 0.25) is 0 Å². The van der Waals surface area contributed by atoms with Crippen LogP contribution >= 0.6 is 11.3 Å². The van der Waals surface area contributed by atoms with E-state index in [1.807, 2.05) is 0 Å². The number of hydrogen-bond donors (Lipinski definition) is 1. The number of fused-ring (bicyclic) bond motifs is 1. The monoisotopic (exact) mass is 294 g/mol. The Kier molecular flexibility index (Phi) is 2.94. The van der Waals surface area contributed by atoms with E-state index in [4.69, 9.17) is 0 Å². The van der Waals surface area contributed by atoms with Crippen LogP contribution in [0.1, 0.15) is 10.5 Å². The van der Waals surface area contributed by atoms with E-state index in [0.29, 0.717) is 4.70 Å². The Morgan fingerprint density at radius 2 is 2.20 bits per heavy atom. The number of rotatable bonds is 2. The molecule has 0 fully saturated rings. The molecule has 20 heavy (non-hydrogen) atoms. The van der Waals surface area contributed by atoms with Crippen LogP contribution in [0.15, 0.2) is 24.4 Å². The van der Waals surface area contributed by atoms with Crippen LogP contribution in [0.4, 0.5) is 13.9 Å². The van der Waals surface area contributed by atoms with E-state index in [2.05, 4.69) is 15.4 Å². The predicted molar refractivity (Wildman–Crippen MR) is 70.7 cm³/mol. The van der Waals surface area contributed by atoms with Crippen LogP contribution in [0.3, 0.4) is 0 Å². The number of benzene rings is 1. The smallest absolute Gasteiger partial charge is 0.277 e. The summed E-state index contributed by atoms with van der Waals surface area (Å²) in [6.45, 7) is 0. The summed E-state index contributed by atoms with van der Waals surface area (Å²) in [4.78, 5) is 15.8. The highest BCUT2D eigenvalue weighted by molar-refractivity contribution is 7.22. The Balaban J connectivity index is 1.91. The van der Waals surface area contributed by atoms with Gasteiger partial charge in [0.2, 0.25) is 0 Å². The van der Waals surface area contributed by atoms with Crippen LogP contribution in [0.25, 0.3) is 10.2 Å². The van der Waals surface area contributed by atoms with Gasteiger partial charge in [-0.05, 0) is 12.1 Å². The number of carbonyl (C=O) groups is 1. The summed E-state index contributed by atoms with van der Waals surface area (Å²) in [5.41, 5.74) is 0.256. The van der Waals surface area contributed by atoms with Crippen LogP contribution in [-0.2, 0) is 7.05 Å². The molecule has 8 heteroatoms. The highest BCUT2D eigenvalue weighted by Gasteiger charge is 2.14. The number of halogens is 2. The third kappa shape index (κ3) is 2.25. The van der Waals surface area contributed by atoms with E-state index < -0.39 is 17.5 Å². The number of nitrogens with one attached hydrogen (secondary N) is 1. The zero-order valence-corrected chi connectivity index (χ0v) is 11.0. The van der Waals surface area contributed by atoms with Gasteiger partial charge in [-0.25, -0.2) is 13.8 Å². The summed E-state index contributed by atoms with van der Waals surface area (Å²) < 4.78 is 28.4. The van der Waals surface area contributed by atoms with Crippen molar-refractivity contribution in [2.24, 2.45) is 7.05 Å². The number of nitrogens with zero attached hydrogens (tertiary/aromatic N) is 3. The molecule has 3 rings (SSSR count). The van der Waals surface area contributed by atoms with Gasteiger partial charge in [-0.3, -0.25) is 14.8 Å². The first-order valence-electron chi connectivity index (χ1n) is 5.59. The fraction of sp³-hybridized carbons (Fsp3) is 0.0833. The molecule has 0 aliphatic carbocycles. The molecule has 1 amide bonds. The second-order valence-corrected chi connectivity index (χ2v) is 5.11. The molecule has 102 valence electrons. The Labute approximate surface area is 115 Å². The molecular formula is C12H8F2N4OS. The van der Waals surface area contributed by atoms with Gasteiger partial charge in [0, 0.05) is 19.3 Å². The third-order valence-corrected chi connectivity index (χ3v) is 3.50. The van der Waals surface area contributed by atoms with Crippen molar-refractivity contribution >= 4 is 32.6 Å². The lowest BCUT2D eigenvalue weighted by atomic mass is 10.3. The van der Waals surface area contributed by atoms with E-state index in [-0.39, 0.29) is 16.3 Å². The first kappa shape index (κ1) is 12.7. The standard InChI is InChI=1S/C12H8F2N4OS/c1-18-3-2-8(17-18)11(19)16-12-15-10-7(14)4-6(13)5-9(10)20-12/h2-5H,1H3,(H,15,16,19). The summed E-state index contributed by atoms with van der Waals surface area (Å²) in [6, 6.07) is 3.47. The van der Waals surface area contributed by atoms with E-state index in [1.54, 1.807) is 19.3 Å². The first-order chi connectivity index (χ1) is 9.52. The van der Waals surface area contributed by atoms with Crippen LogP contribution < -0.4 is 5.32 Å². The molecule has 0 saturated heterocycles. The van der Waals surface area contributed by atoms with Gasteiger partial charge in [-0.2, -0.15) is 5.10 Å². The van der Waals surface area contributed by atoms with Crippen molar-refractivity contribution < 1.29 is 13.6 Å². The summed E-state index contributed by atoms with van der Waals surface area (Å²) in [5, 5.41) is 6.65. The Bertz CT molecular complexity index is 811. The van der Waals surface area contributed by atoms with Crippen molar-refractivity contribution in [2.75, 3.05) is 5.32 Å². The van der Waals surface area contributed by atoms with Crippen LogP contribution in [0.5, 0.6) is 0 Å². The molecule has 2 aromatic heterocycles. The Morgan fingerprint density at radius 1 is 1.40 bits per heavy atom. The number of carbonyl (C=O) groups excluding carboxylic acids is 1. The van der Waals surface area contributed by atoms with E-state index >= 15 is 0 Å². The predicted octanol–water partition coefficient (Wildman–Crippen LogP) is 2.56. The number of hydrogen-bond acceptors (Lipinski definition) is 4. The van der Waals surface area contributed by atoms with E-state index in [1.165, 1.54) is 10.7 Å². The lowest BCUT2D eigenvalue weighted by Crippen LogP contribution is -2.12. The number of amides is 1. The lowest BCUT2D eigenvalue weighted by molar-refractivity contribution is 0.102. The molecule has 0 spiro atoms. The average Bonchev–Trinajstić information content (AvgIpc) is 2.95. The molecular weight excluding hydrogens is 286 g/mol. The van der Waals surface area contributed by atoms with Crippen molar-refractivity contribution in [3.63, 3.8) is 0 Å². The normalized spacial score (nSPS) is 10.9. The molecule has 5 nitrogen and oxygen atoms in total. The van der Waals surface area contributed by atoms with Crippen LogP contribution in [-0.4, -0.2) is 20.7 Å². The number of aromatic nitrogens is 3. The van der Waals surface area contributed by atoms with Gasteiger partial charge < -0.3 is 0 Å². The summed E-state index contributed by atoms with van der Waals surface area (Å²) in [5.74, 6) is -1.89. The van der Waals surface area contributed by atoms with Crippen molar-refractivity contribution in [3.8, 4) is 0 Å². The highest BCUT2D eigenvalue weighted by atomic mass is 32.1. The quantitative estimate of drug-likeness (QED) is 0.790. The molecule has 0 bridgehead atoms. The number of aryl methyl sites for hydroxylation is 1. The van der Waals surface area contributed by atoms with Crippen LogP contribution in [0, 0.1) is 11.6 Å². The molecule has 0 radical (unpaired) electrons. The van der Waals surface area contributed by atoms with E-state index in [0.717, 1.165) is 17.4 Å². The van der Waals surface area contributed by atoms with Gasteiger partial charge in [0.1, 0.15) is 11.3 Å². The second kappa shape index (κ2) is 4.64. The van der Waals surface area contributed by atoms with Crippen molar-refractivity contribution in [1.29, 1.82) is 0 Å². The second-order valence-electron chi connectivity index (χ2n) is 4.08. The molecule has 0 aliphatic heterocycles. The molecule has 1 N–H and O–H groups in total. The molecule has 0 aliphatic rings. The molecule has 3 aromatic rings. The van der Waals surface area contributed by atoms with Crippen molar-refractivity contribution in [1.82, 2.24) is 14.8 Å². The number of thiazole rings is 1. The van der Waals surface area contributed by atoms with Crippen molar-refractivity contribution in [2.45, 2.75) is 0 Å². The topological polar surface area (TPSA) is 59.8 Å². The van der Waals surface area contributed by atoms with Gasteiger partial charge in [0.25, 0.3) is 5.91 Å². The van der Waals surface area contributed by atoms with Gasteiger partial charge in [0.15, 0.2) is 16.6 Å². The Hall–Kier alpha value is -2.35. The molecule has 1 aromatic carbocycles. The Morgan fingerprint density at radius 3 is 2.90 bits per heavy atom. The SMILES string of the molecule is Cn1ccc(C(=O)Nc2nc3c(F)cc(F)cc3s2)n1. The van der Waals surface area contributed by atoms with E-state index in [9.17, 15) is 13.6 Å². The zero-order chi connectivity index (χ0) is 14.3. The largest absolute Gasteiger partial charge is 0.296 e. The maximum absolute atomic E-state index is 13.5. The molecule has 0 atom stereocenters. The molecule has 0 unspecified atom stereocenters. The summed E-state index contributed by atoms with van der Waals surface area (Å²) in [7, 11) is 1.69. The molecule has 2 heterocycles. The maximum atomic E-state index is 13.5. The van der Waals surface area contributed by atoms with Gasteiger partial charge >= 0.3 is 0 Å².